The van der Waals surface area contributed by atoms with E-state index in [1.54, 1.807) is 12.1 Å². The summed E-state index contributed by atoms with van der Waals surface area (Å²) < 4.78 is 17.0. The Bertz CT molecular complexity index is 979. The van der Waals surface area contributed by atoms with Crippen LogP contribution in [0.4, 0.5) is 4.39 Å². The van der Waals surface area contributed by atoms with Gasteiger partial charge in [0, 0.05) is 30.9 Å². The molecule has 0 unspecified atom stereocenters. The topological polar surface area (TPSA) is 79.3 Å². The average Bonchev–Trinajstić information content (AvgIpc) is 3.24. The molecule has 7 nitrogen and oxygen atoms in total. The van der Waals surface area contributed by atoms with Crippen molar-refractivity contribution >= 4 is 0 Å². The summed E-state index contributed by atoms with van der Waals surface area (Å²) in [4.78, 5) is 2.32. The fourth-order valence-corrected chi connectivity index (χ4v) is 3.70. The number of hydrogen-bond acceptors (Lipinski definition) is 5. The number of aromatic nitrogens is 4. The standard InChI is InChI=1S/C20H24FN5O2/c1-13-18(14(2)26(22-13)16-5-3-15(21)4-6-16)11-24-7-8-25-17(10-24)9-19(23-25)20(28)12-27/h3-6,9,20,27-28H,7-8,10-12H2,1-2H3/t20-/m1/s1. The molecule has 0 spiro atoms. The minimum atomic E-state index is -0.940. The molecule has 28 heavy (non-hydrogen) atoms. The van der Waals surface area contributed by atoms with E-state index in [2.05, 4.69) is 15.1 Å². The quantitative estimate of drug-likeness (QED) is 0.701. The van der Waals surface area contributed by atoms with E-state index in [1.165, 1.54) is 12.1 Å². The molecule has 4 rings (SSSR count). The van der Waals surface area contributed by atoms with E-state index < -0.39 is 6.10 Å². The summed E-state index contributed by atoms with van der Waals surface area (Å²) >= 11 is 0. The van der Waals surface area contributed by atoms with E-state index in [-0.39, 0.29) is 12.4 Å². The van der Waals surface area contributed by atoms with E-state index in [1.807, 2.05) is 29.3 Å². The van der Waals surface area contributed by atoms with E-state index in [0.717, 1.165) is 48.0 Å². The number of hydrogen-bond donors (Lipinski definition) is 2. The highest BCUT2D eigenvalue weighted by Gasteiger charge is 2.23. The maximum Gasteiger partial charge on any atom is 0.123 e. The Kier molecular flexibility index (Phi) is 5.01. The summed E-state index contributed by atoms with van der Waals surface area (Å²) in [5, 5.41) is 28.0. The van der Waals surface area contributed by atoms with Crippen LogP contribution in [0.3, 0.4) is 0 Å². The molecule has 0 amide bonds. The van der Waals surface area contributed by atoms with Gasteiger partial charge in [-0.3, -0.25) is 9.58 Å². The molecule has 148 valence electrons. The molecule has 3 aromatic rings. The number of aryl methyl sites for hydroxylation is 1. The predicted molar refractivity (Wildman–Crippen MR) is 101 cm³/mol. The van der Waals surface area contributed by atoms with Gasteiger partial charge in [0.2, 0.25) is 0 Å². The second-order valence-electron chi connectivity index (χ2n) is 7.23. The Labute approximate surface area is 162 Å². The van der Waals surface area contributed by atoms with Crippen molar-refractivity contribution < 1.29 is 14.6 Å². The van der Waals surface area contributed by atoms with Gasteiger partial charge in [-0.25, -0.2) is 9.07 Å². The monoisotopic (exact) mass is 385 g/mol. The van der Waals surface area contributed by atoms with Crippen molar-refractivity contribution in [2.45, 2.75) is 39.6 Å². The van der Waals surface area contributed by atoms with Crippen LogP contribution in [0, 0.1) is 19.7 Å². The summed E-state index contributed by atoms with van der Waals surface area (Å²) in [5.74, 6) is -0.263. The molecule has 1 aromatic carbocycles. The lowest BCUT2D eigenvalue weighted by molar-refractivity contribution is 0.0915. The highest BCUT2D eigenvalue weighted by atomic mass is 19.1. The largest absolute Gasteiger partial charge is 0.393 e. The Morgan fingerprint density at radius 2 is 1.89 bits per heavy atom. The van der Waals surface area contributed by atoms with Gasteiger partial charge >= 0.3 is 0 Å². The Morgan fingerprint density at radius 1 is 1.14 bits per heavy atom. The van der Waals surface area contributed by atoms with Crippen LogP contribution < -0.4 is 0 Å². The van der Waals surface area contributed by atoms with Gasteiger partial charge in [-0.2, -0.15) is 10.2 Å². The van der Waals surface area contributed by atoms with Gasteiger partial charge in [-0.05, 0) is 44.2 Å². The minimum absolute atomic E-state index is 0.263. The molecule has 0 saturated carbocycles. The molecule has 0 saturated heterocycles. The summed E-state index contributed by atoms with van der Waals surface area (Å²) in [5.41, 5.74) is 5.53. The third-order valence-electron chi connectivity index (χ3n) is 5.30. The molecule has 1 aliphatic rings. The lowest BCUT2D eigenvalue weighted by Gasteiger charge is -2.27. The van der Waals surface area contributed by atoms with Crippen molar-refractivity contribution in [3.8, 4) is 5.69 Å². The molecule has 0 fully saturated rings. The van der Waals surface area contributed by atoms with Crippen LogP contribution in [-0.2, 0) is 19.6 Å². The highest BCUT2D eigenvalue weighted by molar-refractivity contribution is 5.37. The third-order valence-corrected chi connectivity index (χ3v) is 5.30. The lowest BCUT2D eigenvalue weighted by atomic mass is 10.1. The number of nitrogens with zero attached hydrogens (tertiary/aromatic N) is 5. The maximum absolute atomic E-state index is 13.2. The summed E-state index contributed by atoms with van der Waals surface area (Å²) in [7, 11) is 0. The molecule has 1 atom stereocenters. The Hall–Kier alpha value is -2.55. The molecule has 2 aromatic heterocycles. The second kappa shape index (κ2) is 7.46. The number of aliphatic hydroxyl groups excluding tert-OH is 2. The SMILES string of the molecule is Cc1nn(-c2ccc(F)cc2)c(C)c1CN1CCn2nc([C@H](O)CO)cc2C1. The van der Waals surface area contributed by atoms with Gasteiger partial charge < -0.3 is 10.2 Å². The van der Waals surface area contributed by atoms with Crippen LogP contribution in [0.2, 0.25) is 0 Å². The normalized spacial score (nSPS) is 15.6. The zero-order valence-corrected chi connectivity index (χ0v) is 16.0. The molecular formula is C20H24FN5O2. The van der Waals surface area contributed by atoms with Gasteiger partial charge in [-0.15, -0.1) is 0 Å². The summed E-state index contributed by atoms with van der Waals surface area (Å²) in [6.07, 6.45) is -0.940. The predicted octanol–water partition coefficient (Wildman–Crippen LogP) is 1.87. The number of aliphatic hydroxyl groups is 2. The fraction of sp³-hybridized carbons (Fsp3) is 0.400. The minimum Gasteiger partial charge on any atom is -0.393 e. The molecule has 8 heteroatoms. The number of fused-ring (bicyclic) bond motifs is 1. The summed E-state index contributed by atoms with van der Waals surface area (Å²) in [6.45, 7) is 6.73. The third kappa shape index (κ3) is 3.46. The fourth-order valence-electron chi connectivity index (χ4n) is 3.70. The van der Waals surface area contributed by atoms with Gasteiger partial charge in [0.15, 0.2) is 0 Å². The average molecular weight is 385 g/mol. The zero-order chi connectivity index (χ0) is 19.8. The van der Waals surface area contributed by atoms with Crippen LogP contribution in [0.25, 0.3) is 5.69 Å². The van der Waals surface area contributed by atoms with Crippen LogP contribution in [0.15, 0.2) is 30.3 Å². The van der Waals surface area contributed by atoms with Gasteiger partial charge in [-0.1, -0.05) is 0 Å². The molecular weight excluding hydrogens is 361 g/mol. The molecule has 3 heterocycles. The molecule has 0 bridgehead atoms. The van der Waals surface area contributed by atoms with E-state index >= 15 is 0 Å². The van der Waals surface area contributed by atoms with Crippen LogP contribution >= 0.6 is 0 Å². The van der Waals surface area contributed by atoms with Crippen LogP contribution in [0.5, 0.6) is 0 Å². The first-order valence-corrected chi connectivity index (χ1v) is 9.35. The first-order valence-electron chi connectivity index (χ1n) is 9.35. The van der Waals surface area contributed by atoms with Crippen molar-refractivity contribution in [1.82, 2.24) is 24.5 Å². The van der Waals surface area contributed by atoms with E-state index in [9.17, 15) is 9.50 Å². The number of rotatable bonds is 5. The second-order valence-corrected chi connectivity index (χ2v) is 7.23. The molecule has 0 aliphatic carbocycles. The zero-order valence-electron chi connectivity index (χ0n) is 16.0. The Morgan fingerprint density at radius 3 is 2.61 bits per heavy atom. The smallest absolute Gasteiger partial charge is 0.123 e. The molecule has 0 radical (unpaired) electrons. The Balaban J connectivity index is 1.54. The molecule has 1 aliphatic heterocycles. The van der Waals surface area contributed by atoms with Crippen molar-refractivity contribution in [2.24, 2.45) is 0 Å². The maximum atomic E-state index is 13.2. The van der Waals surface area contributed by atoms with Gasteiger partial charge in [0.1, 0.15) is 11.9 Å². The van der Waals surface area contributed by atoms with Crippen molar-refractivity contribution in [2.75, 3.05) is 13.2 Å². The van der Waals surface area contributed by atoms with Crippen LogP contribution in [-0.4, -0.2) is 47.8 Å². The van der Waals surface area contributed by atoms with Gasteiger partial charge in [0.25, 0.3) is 0 Å². The molecule has 2 N–H and O–H groups in total. The summed E-state index contributed by atoms with van der Waals surface area (Å²) in [6, 6.07) is 8.19. The van der Waals surface area contributed by atoms with Crippen molar-refractivity contribution in [3.63, 3.8) is 0 Å². The number of halogens is 1. The first kappa shape index (κ1) is 18.8. The van der Waals surface area contributed by atoms with Crippen molar-refractivity contribution in [3.05, 3.63) is 64.5 Å². The van der Waals surface area contributed by atoms with Crippen molar-refractivity contribution in [1.29, 1.82) is 0 Å². The van der Waals surface area contributed by atoms with E-state index in [0.29, 0.717) is 12.2 Å². The lowest BCUT2D eigenvalue weighted by Crippen LogP contribution is -2.33. The van der Waals surface area contributed by atoms with E-state index in [4.69, 9.17) is 5.11 Å². The van der Waals surface area contributed by atoms with Crippen LogP contribution in [0.1, 0.15) is 34.4 Å². The first-order chi connectivity index (χ1) is 13.5. The highest BCUT2D eigenvalue weighted by Crippen LogP contribution is 2.23. The number of benzene rings is 1. The van der Waals surface area contributed by atoms with Gasteiger partial charge in [0.05, 0.1) is 35.9 Å².